The second-order valence-electron chi connectivity index (χ2n) is 4.13. The SMILES string of the molecule is CCNCCCNS(=O)(=O)c1ccc(C(F)(F)F)cc1. The monoisotopic (exact) mass is 310 g/mol. The number of alkyl halides is 3. The summed E-state index contributed by atoms with van der Waals surface area (Å²) in [7, 11) is -3.75. The predicted molar refractivity (Wildman–Crippen MR) is 69.8 cm³/mol. The number of halogens is 3. The van der Waals surface area contributed by atoms with Gasteiger partial charge in [-0.25, -0.2) is 13.1 Å². The lowest BCUT2D eigenvalue weighted by Gasteiger charge is -2.09. The van der Waals surface area contributed by atoms with Crippen LogP contribution in [0.1, 0.15) is 18.9 Å². The van der Waals surface area contributed by atoms with E-state index in [4.69, 9.17) is 0 Å². The van der Waals surface area contributed by atoms with E-state index in [0.717, 1.165) is 30.8 Å². The molecule has 0 atom stereocenters. The summed E-state index contributed by atoms with van der Waals surface area (Å²) in [5.74, 6) is 0. The molecule has 4 nitrogen and oxygen atoms in total. The van der Waals surface area contributed by atoms with Gasteiger partial charge in [-0.05, 0) is 43.8 Å². The minimum absolute atomic E-state index is 0.172. The van der Waals surface area contributed by atoms with Gasteiger partial charge in [0.15, 0.2) is 0 Å². The first-order chi connectivity index (χ1) is 9.27. The van der Waals surface area contributed by atoms with Crippen molar-refractivity contribution in [1.29, 1.82) is 0 Å². The van der Waals surface area contributed by atoms with Crippen molar-refractivity contribution in [2.45, 2.75) is 24.4 Å². The second kappa shape index (κ2) is 7.05. The van der Waals surface area contributed by atoms with Crippen molar-refractivity contribution in [2.24, 2.45) is 0 Å². The van der Waals surface area contributed by atoms with Gasteiger partial charge >= 0.3 is 6.18 Å². The third-order valence-corrected chi connectivity index (χ3v) is 4.04. The number of hydrogen-bond acceptors (Lipinski definition) is 3. The molecule has 0 fully saturated rings. The quantitative estimate of drug-likeness (QED) is 0.757. The van der Waals surface area contributed by atoms with Crippen molar-refractivity contribution >= 4 is 10.0 Å². The zero-order chi connectivity index (χ0) is 15.2. The topological polar surface area (TPSA) is 58.2 Å². The van der Waals surface area contributed by atoms with Gasteiger partial charge in [0.2, 0.25) is 10.0 Å². The number of sulfonamides is 1. The average Bonchev–Trinajstić information content (AvgIpc) is 2.37. The van der Waals surface area contributed by atoms with E-state index in [0.29, 0.717) is 13.0 Å². The molecule has 2 N–H and O–H groups in total. The van der Waals surface area contributed by atoms with Gasteiger partial charge in [-0.3, -0.25) is 0 Å². The summed E-state index contributed by atoms with van der Waals surface area (Å²) in [6, 6.07) is 3.42. The lowest BCUT2D eigenvalue weighted by molar-refractivity contribution is -0.137. The summed E-state index contributed by atoms with van der Waals surface area (Å²) in [5.41, 5.74) is -0.872. The maximum Gasteiger partial charge on any atom is 0.416 e. The summed E-state index contributed by atoms with van der Waals surface area (Å²) >= 11 is 0. The van der Waals surface area contributed by atoms with Crippen molar-refractivity contribution < 1.29 is 21.6 Å². The highest BCUT2D eigenvalue weighted by Crippen LogP contribution is 2.29. The Labute approximate surface area is 116 Å². The highest BCUT2D eigenvalue weighted by atomic mass is 32.2. The minimum Gasteiger partial charge on any atom is -0.317 e. The molecular formula is C12H17F3N2O2S. The highest BCUT2D eigenvalue weighted by Gasteiger charge is 2.30. The van der Waals surface area contributed by atoms with Gasteiger partial charge in [0.1, 0.15) is 0 Å². The molecule has 0 aliphatic rings. The Morgan fingerprint density at radius 1 is 1.10 bits per heavy atom. The molecule has 1 aromatic rings. The smallest absolute Gasteiger partial charge is 0.317 e. The minimum atomic E-state index is -4.47. The van der Waals surface area contributed by atoms with Crippen molar-refractivity contribution in [3.63, 3.8) is 0 Å². The maximum atomic E-state index is 12.4. The fourth-order valence-corrected chi connectivity index (χ4v) is 2.58. The molecule has 0 heterocycles. The molecule has 114 valence electrons. The van der Waals surface area contributed by atoms with Crippen LogP contribution in [0.4, 0.5) is 13.2 Å². The molecule has 1 rings (SSSR count). The standard InChI is InChI=1S/C12H17F3N2O2S/c1-2-16-8-3-9-17-20(18,19)11-6-4-10(5-7-11)12(13,14)15/h4-7,16-17H,2-3,8-9H2,1H3. The molecule has 0 aliphatic heterocycles. The molecule has 20 heavy (non-hydrogen) atoms. The Kier molecular flexibility index (Phi) is 5.97. The van der Waals surface area contributed by atoms with E-state index in [1.807, 2.05) is 6.92 Å². The molecule has 8 heteroatoms. The van der Waals surface area contributed by atoms with E-state index in [9.17, 15) is 21.6 Å². The van der Waals surface area contributed by atoms with E-state index >= 15 is 0 Å². The molecule has 0 saturated heterocycles. The molecule has 0 aliphatic carbocycles. The fourth-order valence-electron chi connectivity index (χ4n) is 1.50. The summed E-state index contributed by atoms with van der Waals surface area (Å²) in [6.45, 7) is 3.64. The fraction of sp³-hybridized carbons (Fsp3) is 0.500. The van der Waals surface area contributed by atoms with Crippen molar-refractivity contribution in [2.75, 3.05) is 19.6 Å². The van der Waals surface area contributed by atoms with Gasteiger partial charge in [0.05, 0.1) is 10.5 Å². The van der Waals surface area contributed by atoms with Crippen molar-refractivity contribution in [3.8, 4) is 0 Å². The van der Waals surface area contributed by atoms with Crippen molar-refractivity contribution in [1.82, 2.24) is 10.0 Å². The molecule has 0 amide bonds. The first-order valence-corrected chi connectivity index (χ1v) is 7.63. The molecule has 0 bridgehead atoms. The molecule has 0 spiro atoms. The van der Waals surface area contributed by atoms with Gasteiger partial charge in [-0.15, -0.1) is 0 Å². The van der Waals surface area contributed by atoms with Gasteiger partial charge in [0, 0.05) is 6.54 Å². The van der Waals surface area contributed by atoms with Gasteiger partial charge in [-0.2, -0.15) is 13.2 Å². The zero-order valence-electron chi connectivity index (χ0n) is 11.0. The first-order valence-electron chi connectivity index (χ1n) is 6.15. The van der Waals surface area contributed by atoms with Gasteiger partial charge < -0.3 is 5.32 Å². The van der Waals surface area contributed by atoms with Crippen LogP contribution in [0.25, 0.3) is 0 Å². The summed E-state index contributed by atoms with van der Waals surface area (Å²) in [5, 5.41) is 3.04. The largest absolute Gasteiger partial charge is 0.416 e. The van der Waals surface area contributed by atoms with E-state index in [-0.39, 0.29) is 11.4 Å². The molecule has 0 saturated carbocycles. The number of rotatable bonds is 7. The lowest BCUT2D eigenvalue weighted by atomic mass is 10.2. The third-order valence-electron chi connectivity index (χ3n) is 2.56. The Bertz CT molecular complexity index is 512. The van der Waals surface area contributed by atoms with E-state index in [1.54, 1.807) is 0 Å². The summed E-state index contributed by atoms with van der Waals surface area (Å²) in [6.07, 6.45) is -3.87. The van der Waals surface area contributed by atoms with Crippen LogP contribution in [0, 0.1) is 0 Å². The number of nitrogens with one attached hydrogen (secondary N) is 2. The molecule has 1 aromatic carbocycles. The normalized spacial score (nSPS) is 12.6. The number of hydrogen-bond donors (Lipinski definition) is 2. The Morgan fingerprint density at radius 2 is 1.70 bits per heavy atom. The highest BCUT2D eigenvalue weighted by molar-refractivity contribution is 7.89. The molecule has 0 unspecified atom stereocenters. The van der Waals surface area contributed by atoms with E-state index in [2.05, 4.69) is 10.0 Å². The Hall–Kier alpha value is -1.12. The van der Waals surface area contributed by atoms with Crippen LogP contribution in [0.5, 0.6) is 0 Å². The summed E-state index contributed by atoms with van der Waals surface area (Å²) in [4.78, 5) is -0.172. The van der Waals surface area contributed by atoms with Crippen LogP contribution in [-0.4, -0.2) is 28.1 Å². The Balaban J connectivity index is 2.64. The van der Waals surface area contributed by atoms with E-state index < -0.39 is 21.8 Å². The second-order valence-corrected chi connectivity index (χ2v) is 5.89. The summed E-state index contributed by atoms with van der Waals surface area (Å²) < 4.78 is 63.1. The van der Waals surface area contributed by atoms with E-state index in [1.165, 1.54) is 0 Å². The Morgan fingerprint density at radius 3 is 2.20 bits per heavy atom. The molecule has 0 radical (unpaired) electrons. The first kappa shape index (κ1) is 16.9. The molecule has 0 aromatic heterocycles. The predicted octanol–water partition coefficient (Wildman–Crippen LogP) is 1.98. The van der Waals surface area contributed by atoms with Gasteiger partial charge in [0.25, 0.3) is 0 Å². The van der Waals surface area contributed by atoms with Crippen LogP contribution in [0.2, 0.25) is 0 Å². The van der Waals surface area contributed by atoms with Crippen LogP contribution in [0.3, 0.4) is 0 Å². The lowest BCUT2D eigenvalue weighted by Crippen LogP contribution is -2.27. The average molecular weight is 310 g/mol. The van der Waals surface area contributed by atoms with Crippen LogP contribution >= 0.6 is 0 Å². The maximum absolute atomic E-state index is 12.4. The van der Waals surface area contributed by atoms with Crippen LogP contribution in [-0.2, 0) is 16.2 Å². The van der Waals surface area contributed by atoms with Gasteiger partial charge in [-0.1, -0.05) is 6.92 Å². The third kappa shape index (κ3) is 5.10. The van der Waals surface area contributed by atoms with Crippen LogP contribution in [0.15, 0.2) is 29.2 Å². The zero-order valence-corrected chi connectivity index (χ0v) is 11.8. The molecular weight excluding hydrogens is 293 g/mol. The number of benzene rings is 1. The van der Waals surface area contributed by atoms with Crippen LogP contribution < -0.4 is 10.0 Å². The van der Waals surface area contributed by atoms with Crippen molar-refractivity contribution in [3.05, 3.63) is 29.8 Å².